The normalized spacial score (nSPS) is 19.5. The van der Waals surface area contributed by atoms with Crippen LogP contribution in [-0.2, 0) is 0 Å². The molecule has 0 unspecified atom stereocenters. The number of rotatable bonds is 4. The number of nitrogens with zero attached hydrogens (tertiary/aromatic N) is 1. The van der Waals surface area contributed by atoms with Crippen LogP contribution in [0, 0.1) is 0 Å². The highest BCUT2D eigenvalue weighted by Crippen LogP contribution is 2.33. The van der Waals surface area contributed by atoms with E-state index >= 15 is 0 Å². The predicted molar refractivity (Wildman–Crippen MR) is 68.3 cm³/mol. The van der Waals surface area contributed by atoms with Gasteiger partial charge in [0, 0.05) is 0 Å². The van der Waals surface area contributed by atoms with Crippen LogP contribution < -0.4 is 0 Å². The second-order valence-corrected chi connectivity index (χ2v) is 4.56. The maximum Gasteiger partial charge on any atom is 0.107 e. The minimum atomic E-state index is -0.795. The molecule has 0 spiro atoms. The second kappa shape index (κ2) is 5.43. The highest BCUT2D eigenvalue weighted by molar-refractivity contribution is 6.06. The van der Waals surface area contributed by atoms with Crippen molar-refractivity contribution in [2.45, 2.75) is 31.3 Å². The molecule has 0 heterocycles. The van der Waals surface area contributed by atoms with E-state index in [9.17, 15) is 5.11 Å². The molecular formula is C14H19NO2. The van der Waals surface area contributed by atoms with Gasteiger partial charge in [0.25, 0.3) is 0 Å². The lowest BCUT2D eigenvalue weighted by Gasteiger charge is -2.25. The molecule has 0 amide bonds. The number of aliphatic imine (C=N–C) groups is 1. The Balaban J connectivity index is 2.32. The molecule has 17 heavy (non-hydrogen) atoms. The highest BCUT2D eigenvalue weighted by Gasteiger charge is 2.36. The zero-order valence-electron chi connectivity index (χ0n) is 9.97. The number of aliphatic hydroxyl groups is 2. The third kappa shape index (κ3) is 2.73. The van der Waals surface area contributed by atoms with Gasteiger partial charge in [-0.3, -0.25) is 4.99 Å². The van der Waals surface area contributed by atoms with Crippen LogP contribution in [0.25, 0.3) is 0 Å². The van der Waals surface area contributed by atoms with Gasteiger partial charge >= 0.3 is 0 Å². The summed E-state index contributed by atoms with van der Waals surface area (Å²) in [6, 6.07) is 9.77. The second-order valence-electron chi connectivity index (χ2n) is 4.56. The Labute approximate surface area is 102 Å². The first-order chi connectivity index (χ1) is 8.26. The van der Waals surface area contributed by atoms with E-state index in [4.69, 9.17) is 5.11 Å². The molecule has 2 N–H and O–H groups in total. The number of benzene rings is 1. The highest BCUT2D eigenvalue weighted by atomic mass is 16.3. The standard InChI is InChI=1S/C14H19NO2/c16-11-10-15-13(12-6-2-1-3-7-12)14(17)8-4-5-9-14/h1-3,6-7,16-17H,4-5,8-11H2. The van der Waals surface area contributed by atoms with Crippen molar-refractivity contribution in [1.82, 2.24) is 0 Å². The molecule has 0 saturated heterocycles. The summed E-state index contributed by atoms with van der Waals surface area (Å²) in [5.41, 5.74) is 0.909. The molecule has 0 bridgehead atoms. The smallest absolute Gasteiger partial charge is 0.107 e. The monoisotopic (exact) mass is 233 g/mol. The lowest BCUT2D eigenvalue weighted by Crippen LogP contribution is -2.36. The molecule has 0 aromatic heterocycles. The summed E-state index contributed by atoms with van der Waals surface area (Å²) < 4.78 is 0. The van der Waals surface area contributed by atoms with Crippen molar-refractivity contribution in [1.29, 1.82) is 0 Å². The van der Waals surface area contributed by atoms with Crippen LogP contribution in [0.4, 0.5) is 0 Å². The van der Waals surface area contributed by atoms with Gasteiger partial charge in [-0.05, 0) is 18.4 Å². The number of aliphatic hydroxyl groups excluding tert-OH is 1. The van der Waals surface area contributed by atoms with E-state index in [1.165, 1.54) is 0 Å². The summed E-state index contributed by atoms with van der Waals surface area (Å²) >= 11 is 0. The Morgan fingerprint density at radius 1 is 1.18 bits per heavy atom. The van der Waals surface area contributed by atoms with Crippen molar-refractivity contribution in [2.24, 2.45) is 4.99 Å². The Morgan fingerprint density at radius 2 is 1.82 bits per heavy atom. The quantitative estimate of drug-likeness (QED) is 0.779. The first-order valence-corrected chi connectivity index (χ1v) is 6.20. The van der Waals surface area contributed by atoms with Gasteiger partial charge in [-0.2, -0.15) is 0 Å². The molecule has 1 aromatic rings. The van der Waals surface area contributed by atoms with E-state index in [1.807, 2.05) is 30.3 Å². The average molecular weight is 233 g/mol. The predicted octanol–water partition coefficient (Wildman–Crippen LogP) is 1.77. The molecule has 1 fully saturated rings. The van der Waals surface area contributed by atoms with Crippen LogP contribution in [-0.4, -0.2) is 34.7 Å². The van der Waals surface area contributed by atoms with Gasteiger partial charge in [0.15, 0.2) is 0 Å². The van der Waals surface area contributed by atoms with Gasteiger partial charge in [-0.15, -0.1) is 0 Å². The van der Waals surface area contributed by atoms with Crippen molar-refractivity contribution in [3.05, 3.63) is 35.9 Å². The van der Waals surface area contributed by atoms with Crippen LogP contribution in [0.1, 0.15) is 31.2 Å². The summed E-state index contributed by atoms with van der Waals surface area (Å²) in [4.78, 5) is 4.38. The molecule has 3 nitrogen and oxygen atoms in total. The molecule has 0 aliphatic heterocycles. The lowest BCUT2D eigenvalue weighted by atomic mass is 9.90. The summed E-state index contributed by atoms with van der Waals surface area (Å²) in [5.74, 6) is 0. The molecule has 1 saturated carbocycles. The summed E-state index contributed by atoms with van der Waals surface area (Å²) in [7, 11) is 0. The summed E-state index contributed by atoms with van der Waals surface area (Å²) in [6.45, 7) is 0.374. The molecule has 92 valence electrons. The lowest BCUT2D eigenvalue weighted by molar-refractivity contribution is 0.120. The number of hydrogen-bond acceptors (Lipinski definition) is 3. The van der Waals surface area contributed by atoms with Crippen LogP contribution in [0.15, 0.2) is 35.3 Å². The van der Waals surface area contributed by atoms with Gasteiger partial charge in [-0.25, -0.2) is 0 Å². The van der Waals surface area contributed by atoms with Crippen molar-refractivity contribution >= 4 is 5.71 Å². The van der Waals surface area contributed by atoms with Crippen LogP contribution in [0.5, 0.6) is 0 Å². The third-order valence-electron chi connectivity index (χ3n) is 3.29. The summed E-state index contributed by atoms with van der Waals surface area (Å²) in [6.07, 6.45) is 3.63. The largest absolute Gasteiger partial charge is 0.394 e. The van der Waals surface area contributed by atoms with Crippen molar-refractivity contribution in [3.8, 4) is 0 Å². The summed E-state index contributed by atoms with van der Waals surface area (Å²) in [5, 5.41) is 19.5. The molecule has 0 radical (unpaired) electrons. The van der Waals surface area contributed by atoms with Gasteiger partial charge in [0.05, 0.1) is 18.9 Å². The van der Waals surface area contributed by atoms with E-state index in [1.54, 1.807) is 0 Å². The zero-order chi connectivity index (χ0) is 12.1. The fourth-order valence-corrected chi connectivity index (χ4v) is 2.46. The topological polar surface area (TPSA) is 52.8 Å². The van der Waals surface area contributed by atoms with E-state index in [0.717, 1.165) is 37.0 Å². The average Bonchev–Trinajstić information content (AvgIpc) is 2.79. The van der Waals surface area contributed by atoms with Crippen LogP contribution >= 0.6 is 0 Å². The van der Waals surface area contributed by atoms with E-state index < -0.39 is 5.60 Å². The molecular weight excluding hydrogens is 214 g/mol. The minimum Gasteiger partial charge on any atom is -0.394 e. The van der Waals surface area contributed by atoms with Crippen molar-refractivity contribution < 1.29 is 10.2 Å². The maximum atomic E-state index is 10.6. The SMILES string of the molecule is OCCN=C(c1ccccc1)C1(O)CCCC1. The first kappa shape index (κ1) is 12.3. The first-order valence-electron chi connectivity index (χ1n) is 6.20. The van der Waals surface area contributed by atoms with Crippen LogP contribution in [0.3, 0.4) is 0 Å². The fourth-order valence-electron chi connectivity index (χ4n) is 2.46. The molecule has 1 aromatic carbocycles. The van der Waals surface area contributed by atoms with Crippen molar-refractivity contribution in [2.75, 3.05) is 13.2 Å². The van der Waals surface area contributed by atoms with Crippen molar-refractivity contribution in [3.63, 3.8) is 0 Å². The van der Waals surface area contributed by atoms with E-state index in [-0.39, 0.29) is 6.61 Å². The van der Waals surface area contributed by atoms with E-state index in [2.05, 4.69) is 4.99 Å². The number of hydrogen-bond donors (Lipinski definition) is 2. The Bertz CT molecular complexity index is 380. The molecule has 1 aliphatic rings. The van der Waals surface area contributed by atoms with Gasteiger partial charge in [-0.1, -0.05) is 43.2 Å². The Kier molecular flexibility index (Phi) is 3.92. The van der Waals surface area contributed by atoms with Gasteiger partial charge in [0.1, 0.15) is 5.60 Å². The van der Waals surface area contributed by atoms with Crippen LogP contribution in [0.2, 0.25) is 0 Å². The molecule has 1 aliphatic carbocycles. The van der Waals surface area contributed by atoms with Gasteiger partial charge < -0.3 is 10.2 Å². The Morgan fingerprint density at radius 3 is 2.41 bits per heavy atom. The minimum absolute atomic E-state index is 0.0203. The van der Waals surface area contributed by atoms with E-state index in [0.29, 0.717) is 6.54 Å². The molecule has 2 rings (SSSR count). The maximum absolute atomic E-state index is 10.6. The van der Waals surface area contributed by atoms with Gasteiger partial charge in [0.2, 0.25) is 0 Å². The molecule has 0 atom stereocenters. The zero-order valence-corrected chi connectivity index (χ0v) is 9.97. The molecule has 3 heteroatoms. The Hall–Kier alpha value is -1.19. The third-order valence-corrected chi connectivity index (χ3v) is 3.29. The fraction of sp³-hybridized carbons (Fsp3) is 0.500.